The van der Waals surface area contributed by atoms with E-state index >= 15 is 0 Å². The van der Waals surface area contributed by atoms with E-state index in [1.54, 1.807) is 0 Å². The van der Waals surface area contributed by atoms with Crippen LogP contribution in [0.15, 0.2) is 109 Å². The third-order valence-electron chi connectivity index (χ3n) is 15.0. The fourth-order valence-electron chi connectivity index (χ4n) is 9.88. The second-order valence-electron chi connectivity index (χ2n) is 23.0. The lowest BCUT2D eigenvalue weighted by Crippen LogP contribution is -2.30. The Hall–Kier alpha value is -3.93. The van der Waals surface area contributed by atoms with Crippen LogP contribution >= 0.6 is 0 Å². The van der Waals surface area contributed by atoms with E-state index in [1.807, 2.05) is 0 Å². The average molecular weight is 1140 g/mol. The number of carbonyl (C=O) groups excluding carboxylic acids is 3. The van der Waals surface area contributed by atoms with Crippen LogP contribution in [0, 0.1) is 0 Å². The zero-order chi connectivity index (χ0) is 59.2. The summed E-state index contributed by atoms with van der Waals surface area (Å²) in [5, 5.41) is 0. The molecule has 0 aromatic rings. The Labute approximate surface area is 508 Å². The van der Waals surface area contributed by atoms with E-state index in [0.29, 0.717) is 19.3 Å². The van der Waals surface area contributed by atoms with Gasteiger partial charge in [-0.2, -0.15) is 0 Å². The zero-order valence-corrected chi connectivity index (χ0v) is 54.0. The minimum absolute atomic E-state index is 0.0875. The molecule has 0 aromatic carbocycles. The van der Waals surface area contributed by atoms with Crippen molar-refractivity contribution in [3.8, 4) is 0 Å². The number of rotatable bonds is 63. The summed E-state index contributed by atoms with van der Waals surface area (Å²) in [5.41, 5.74) is 0. The van der Waals surface area contributed by atoms with Crippen molar-refractivity contribution in [2.45, 2.75) is 341 Å². The molecular formula is C76H130O6. The van der Waals surface area contributed by atoms with Crippen molar-refractivity contribution in [3.05, 3.63) is 109 Å². The zero-order valence-electron chi connectivity index (χ0n) is 54.0. The van der Waals surface area contributed by atoms with E-state index in [0.717, 1.165) is 122 Å². The number of ether oxygens (including phenoxy) is 3. The molecule has 82 heavy (non-hydrogen) atoms. The van der Waals surface area contributed by atoms with Gasteiger partial charge in [-0.1, -0.05) is 323 Å². The second-order valence-corrected chi connectivity index (χ2v) is 23.0. The largest absolute Gasteiger partial charge is 0.462 e. The quantitative estimate of drug-likeness (QED) is 0.0261. The average Bonchev–Trinajstić information content (AvgIpc) is 3.47. The topological polar surface area (TPSA) is 78.9 Å². The van der Waals surface area contributed by atoms with Crippen LogP contribution < -0.4 is 0 Å². The maximum absolute atomic E-state index is 12.9. The number of esters is 3. The molecule has 0 aliphatic carbocycles. The van der Waals surface area contributed by atoms with Crippen LogP contribution in [0.1, 0.15) is 335 Å². The molecule has 6 nitrogen and oxygen atoms in total. The van der Waals surface area contributed by atoms with Gasteiger partial charge in [0, 0.05) is 19.3 Å². The number of unbranched alkanes of at least 4 members (excludes halogenated alkanes) is 34. The summed E-state index contributed by atoms with van der Waals surface area (Å²) in [5.74, 6) is -0.904. The van der Waals surface area contributed by atoms with Crippen molar-refractivity contribution >= 4 is 17.9 Å². The van der Waals surface area contributed by atoms with E-state index < -0.39 is 6.10 Å². The van der Waals surface area contributed by atoms with Crippen LogP contribution in [-0.4, -0.2) is 37.2 Å². The molecule has 1 unspecified atom stereocenters. The first kappa shape index (κ1) is 78.1. The lowest BCUT2D eigenvalue weighted by Gasteiger charge is -2.18. The van der Waals surface area contributed by atoms with Gasteiger partial charge in [0.05, 0.1) is 0 Å². The van der Waals surface area contributed by atoms with E-state index in [2.05, 4.69) is 130 Å². The van der Waals surface area contributed by atoms with Crippen LogP contribution in [0.4, 0.5) is 0 Å². The minimum Gasteiger partial charge on any atom is -0.462 e. The van der Waals surface area contributed by atoms with E-state index in [9.17, 15) is 14.4 Å². The molecule has 0 rings (SSSR count). The van der Waals surface area contributed by atoms with Gasteiger partial charge in [-0.25, -0.2) is 0 Å². The van der Waals surface area contributed by atoms with Crippen LogP contribution in [0.5, 0.6) is 0 Å². The fourth-order valence-corrected chi connectivity index (χ4v) is 9.88. The van der Waals surface area contributed by atoms with Crippen molar-refractivity contribution in [1.29, 1.82) is 0 Å². The molecular weight excluding hydrogens is 1010 g/mol. The van der Waals surface area contributed by atoms with Gasteiger partial charge in [0.1, 0.15) is 13.2 Å². The molecule has 0 aliphatic heterocycles. The highest BCUT2D eigenvalue weighted by molar-refractivity contribution is 5.71. The summed E-state index contributed by atoms with van der Waals surface area (Å²) in [6.45, 7) is 6.42. The predicted octanol–water partition coefficient (Wildman–Crippen LogP) is 24.2. The Morgan fingerprint density at radius 1 is 0.256 bits per heavy atom. The minimum atomic E-state index is -0.795. The van der Waals surface area contributed by atoms with Crippen molar-refractivity contribution in [3.63, 3.8) is 0 Å². The standard InChI is InChI=1S/C76H130O6/c1-4-7-10-13-16-19-22-25-28-30-32-33-34-35-36-37-38-39-40-41-42-43-45-46-48-51-54-57-60-63-66-69-75(78)81-72-73(71-80-74(77)68-65-62-59-56-53-50-27-24-21-18-15-12-9-6-3)82-76(79)70-67-64-61-58-55-52-49-47-44-31-29-26-23-20-17-14-11-8-5-2/h7-8,10-11,16-17,19-20,25-26,28-29,32-33,44,47,52,55,73H,4-6,9,12-15,18,21-24,27,30-31,34-43,45-46,48-51,53-54,56-72H2,1-3H3/b10-7-,11-8-,19-16-,20-17-,28-25-,29-26-,33-32-,47-44-,55-52-. The highest BCUT2D eigenvalue weighted by Gasteiger charge is 2.19. The van der Waals surface area contributed by atoms with Gasteiger partial charge >= 0.3 is 17.9 Å². The number of hydrogen-bond acceptors (Lipinski definition) is 6. The Bertz CT molecular complexity index is 1640. The first-order chi connectivity index (χ1) is 40.5. The second kappa shape index (κ2) is 69.6. The first-order valence-electron chi connectivity index (χ1n) is 34.9. The van der Waals surface area contributed by atoms with Gasteiger partial charge in [-0.15, -0.1) is 0 Å². The van der Waals surface area contributed by atoms with Gasteiger partial charge in [0.25, 0.3) is 0 Å². The molecule has 0 heterocycles. The highest BCUT2D eigenvalue weighted by atomic mass is 16.6. The van der Waals surface area contributed by atoms with Gasteiger partial charge in [0.15, 0.2) is 6.10 Å². The monoisotopic (exact) mass is 1140 g/mol. The fraction of sp³-hybridized carbons (Fsp3) is 0.724. The SMILES string of the molecule is CC/C=C\C/C=C\C/C=C\C/C=C\C/C=C\CCCCCC(=O)OC(COC(=O)CCCCCCCCCCCCCCCC)COC(=O)CCCCCCCCCCCCCCCCCCCC/C=C\C/C=C\C/C=C\C/C=C\CC. The summed E-state index contributed by atoms with van der Waals surface area (Å²) in [6, 6.07) is 0. The third-order valence-corrected chi connectivity index (χ3v) is 15.0. The summed E-state index contributed by atoms with van der Waals surface area (Å²) < 4.78 is 16.9. The Morgan fingerprint density at radius 3 is 0.756 bits per heavy atom. The Kier molecular flexibility index (Phi) is 66.2. The summed E-state index contributed by atoms with van der Waals surface area (Å²) in [7, 11) is 0. The smallest absolute Gasteiger partial charge is 0.306 e. The molecule has 1 atom stereocenters. The Morgan fingerprint density at radius 2 is 0.476 bits per heavy atom. The lowest BCUT2D eigenvalue weighted by atomic mass is 10.0. The summed E-state index contributed by atoms with van der Waals surface area (Å²) in [6.07, 6.45) is 95.5. The molecule has 0 aliphatic rings. The lowest BCUT2D eigenvalue weighted by molar-refractivity contribution is -0.167. The van der Waals surface area contributed by atoms with Crippen LogP contribution in [0.2, 0.25) is 0 Å². The van der Waals surface area contributed by atoms with Crippen molar-refractivity contribution < 1.29 is 28.6 Å². The van der Waals surface area contributed by atoms with Crippen LogP contribution in [0.25, 0.3) is 0 Å². The molecule has 0 N–H and O–H groups in total. The molecule has 0 radical (unpaired) electrons. The van der Waals surface area contributed by atoms with Crippen LogP contribution in [-0.2, 0) is 28.6 Å². The molecule has 0 saturated carbocycles. The van der Waals surface area contributed by atoms with Crippen molar-refractivity contribution in [2.24, 2.45) is 0 Å². The van der Waals surface area contributed by atoms with Gasteiger partial charge in [0.2, 0.25) is 0 Å². The van der Waals surface area contributed by atoms with Gasteiger partial charge in [-0.3, -0.25) is 14.4 Å². The normalized spacial score (nSPS) is 12.8. The molecule has 470 valence electrons. The third kappa shape index (κ3) is 66.9. The Balaban J connectivity index is 4.26. The maximum Gasteiger partial charge on any atom is 0.306 e. The van der Waals surface area contributed by atoms with Crippen molar-refractivity contribution in [1.82, 2.24) is 0 Å². The van der Waals surface area contributed by atoms with E-state index in [1.165, 1.54) is 173 Å². The molecule has 0 aromatic heterocycles. The number of carbonyl (C=O) groups is 3. The van der Waals surface area contributed by atoms with Crippen molar-refractivity contribution in [2.75, 3.05) is 13.2 Å². The summed E-state index contributed by atoms with van der Waals surface area (Å²) >= 11 is 0. The number of hydrogen-bond donors (Lipinski definition) is 0. The molecule has 6 heteroatoms. The first-order valence-corrected chi connectivity index (χ1v) is 34.9. The highest BCUT2D eigenvalue weighted by Crippen LogP contribution is 2.17. The molecule has 0 spiro atoms. The van der Waals surface area contributed by atoms with E-state index in [-0.39, 0.29) is 31.1 Å². The molecule has 0 amide bonds. The molecule has 0 saturated heterocycles. The van der Waals surface area contributed by atoms with E-state index in [4.69, 9.17) is 14.2 Å². The van der Waals surface area contributed by atoms with Gasteiger partial charge in [-0.05, 0) is 103 Å². The molecule has 0 bridgehead atoms. The molecule has 0 fully saturated rings. The van der Waals surface area contributed by atoms with Gasteiger partial charge < -0.3 is 14.2 Å². The number of allylic oxidation sites excluding steroid dienone is 18. The predicted molar refractivity (Wildman–Crippen MR) is 357 cm³/mol. The summed E-state index contributed by atoms with van der Waals surface area (Å²) in [4.78, 5) is 38.4. The maximum atomic E-state index is 12.9. The van der Waals surface area contributed by atoms with Crippen LogP contribution in [0.3, 0.4) is 0 Å².